The van der Waals surface area contributed by atoms with Crippen molar-refractivity contribution in [2.24, 2.45) is 0 Å². The molecule has 0 aromatic rings. The molecule has 2 heterocycles. The Labute approximate surface area is 72.0 Å². The van der Waals surface area contributed by atoms with Crippen molar-refractivity contribution in [3.05, 3.63) is 12.2 Å². The normalized spacial score (nSPS) is 47.2. The lowest BCUT2D eigenvalue weighted by Gasteiger charge is -2.34. The first kappa shape index (κ1) is 8.23. The number of aliphatic hydroxyl groups is 1. The Bertz CT molecular complexity index is 202. The Hall–Kier alpha value is -0.380. The van der Waals surface area contributed by atoms with Crippen molar-refractivity contribution in [3.63, 3.8) is 0 Å². The fraction of sp³-hybridized carbons (Fsp3) is 0.778. The van der Waals surface area contributed by atoms with Crippen LogP contribution in [0.5, 0.6) is 0 Å². The average Bonchev–Trinajstić information content (AvgIpc) is 2.41. The number of rotatable bonds is 0. The molecule has 0 aromatic heterocycles. The van der Waals surface area contributed by atoms with Gasteiger partial charge in [-0.1, -0.05) is 12.2 Å². The van der Waals surface area contributed by atoms with Gasteiger partial charge in [0.15, 0.2) is 6.29 Å². The molecule has 3 heteroatoms. The molecule has 12 heavy (non-hydrogen) atoms. The SMILES string of the molecule is C[C@@H]1OCC=CC12CCC(O)O2. The molecule has 0 saturated carbocycles. The third kappa shape index (κ3) is 1.18. The maximum Gasteiger partial charge on any atom is 0.155 e. The molecule has 1 N–H and O–H groups in total. The van der Waals surface area contributed by atoms with Gasteiger partial charge < -0.3 is 14.6 Å². The van der Waals surface area contributed by atoms with E-state index in [4.69, 9.17) is 9.47 Å². The van der Waals surface area contributed by atoms with Crippen molar-refractivity contribution in [2.75, 3.05) is 6.61 Å². The summed E-state index contributed by atoms with van der Waals surface area (Å²) in [4.78, 5) is 0. The third-order valence-electron chi connectivity index (χ3n) is 2.67. The summed E-state index contributed by atoms with van der Waals surface area (Å²) in [7, 11) is 0. The molecule has 2 rings (SSSR count). The highest BCUT2D eigenvalue weighted by atomic mass is 16.6. The molecule has 0 aromatic carbocycles. The predicted molar refractivity (Wildman–Crippen MR) is 43.6 cm³/mol. The Morgan fingerprint density at radius 1 is 1.58 bits per heavy atom. The topological polar surface area (TPSA) is 38.7 Å². The van der Waals surface area contributed by atoms with Crippen LogP contribution in [0.25, 0.3) is 0 Å². The van der Waals surface area contributed by atoms with Crippen molar-refractivity contribution >= 4 is 0 Å². The molecule has 3 nitrogen and oxygen atoms in total. The van der Waals surface area contributed by atoms with E-state index in [-0.39, 0.29) is 11.7 Å². The molecule has 2 aliphatic rings. The Balaban J connectivity index is 2.18. The molecular formula is C9H14O3. The number of hydrogen-bond acceptors (Lipinski definition) is 3. The number of hydrogen-bond donors (Lipinski definition) is 1. The summed E-state index contributed by atoms with van der Waals surface area (Å²) in [5.74, 6) is 0. The maximum absolute atomic E-state index is 9.25. The minimum atomic E-state index is -0.612. The highest BCUT2D eigenvalue weighted by Crippen LogP contribution is 2.36. The molecule has 1 spiro atoms. The van der Waals surface area contributed by atoms with Gasteiger partial charge in [-0.25, -0.2) is 0 Å². The summed E-state index contributed by atoms with van der Waals surface area (Å²) >= 11 is 0. The molecule has 0 amide bonds. The van der Waals surface area contributed by atoms with Crippen LogP contribution in [-0.4, -0.2) is 29.7 Å². The van der Waals surface area contributed by atoms with E-state index in [0.717, 1.165) is 6.42 Å². The average molecular weight is 170 g/mol. The summed E-state index contributed by atoms with van der Waals surface area (Å²) in [6.45, 7) is 2.64. The first-order chi connectivity index (χ1) is 5.73. The van der Waals surface area contributed by atoms with Gasteiger partial charge in [-0.2, -0.15) is 0 Å². The van der Waals surface area contributed by atoms with Gasteiger partial charge in [-0.15, -0.1) is 0 Å². The molecule has 3 atom stereocenters. The molecule has 0 bridgehead atoms. The largest absolute Gasteiger partial charge is 0.371 e. The second-order valence-corrected chi connectivity index (χ2v) is 3.44. The zero-order valence-corrected chi connectivity index (χ0v) is 7.19. The molecule has 0 aliphatic carbocycles. The van der Waals surface area contributed by atoms with Crippen LogP contribution in [0.15, 0.2) is 12.2 Å². The fourth-order valence-corrected chi connectivity index (χ4v) is 1.87. The maximum atomic E-state index is 9.25. The van der Waals surface area contributed by atoms with Gasteiger partial charge in [0.1, 0.15) is 5.60 Å². The lowest BCUT2D eigenvalue weighted by molar-refractivity contribution is -0.166. The van der Waals surface area contributed by atoms with E-state index in [1.54, 1.807) is 0 Å². The van der Waals surface area contributed by atoms with Gasteiger partial charge in [0.2, 0.25) is 0 Å². The van der Waals surface area contributed by atoms with Crippen molar-refractivity contribution < 1.29 is 14.6 Å². The van der Waals surface area contributed by atoms with Gasteiger partial charge in [0.25, 0.3) is 0 Å². The fourth-order valence-electron chi connectivity index (χ4n) is 1.87. The lowest BCUT2D eigenvalue weighted by Crippen LogP contribution is -2.42. The van der Waals surface area contributed by atoms with E-state index < -0.39 is 6.29 Å². The zero-order valence-electron chi connectivity index (χ0n) is 7.19. The minimum Gasteiger partial charge on any atom is -0.371 e. The van der Waals surface area contributed by atoms with Crippen LogP contribution in [0.4, 0.5) is 0 Å². The van der Waals surface area contributed by atoms with E-state index in [9.17, 15) is 5.11 Å². The van der Waals surface area contributed by atoms with Crippen LogP contribution in [0.3, 0.4) is 0 Å². The van der Waals surface area contributed by atoms with Gasteiger partial charge in [-0.05, 0) is 13.3 Å². The Kier molecular flexibility index (Phi) is 1.94. The Morgan fingerprint density at radius 2 is 2.42 bits per heavy atom. The van der Waals surface area contributed by atoms with E-state index in [2.05, 4.69) is 0 Å². The van der Waals surface area contributed by atoms with E-state index in [1.807, 2.05) is 19.1 Å². The van der Waals surface area contributed by atoms with Crippen LogP contribution in [0.2, 0.25) is 0 Å². The van der Waals surface area contributed by atoms with Crippen LogP contribution in [0, 0.1) is 0 Å². The molecule has 68 valence electrons. The first-order valence-electron chi connectivity index (χ1n) is 4.38. The summed E-state index contributed by atoms with van der Waals surface area (Å²) in [6, 6.07) is 0. The van der Waals surface area contributed by atoms with E-state index in [1.165, 1.54) is 0 Å². The van der Waals surface area contributed by atoms with Gasteiger partial charge >= 0.3 is 0 Å². The third-order valence-corrected chi connectivity index (χ3v) is 2.67. The van der Waals surface area contributed by atoms with Crippen molar-refractivity contribution in [1.29, 1.82) is 0 Å². The van der Waals surface area contributed by atoms with Crippen LogP contribution in [-0.2, 0) is 9.47 Å². The predicted octanol–water partition coefficient (Wildman–Crippen LogP) is 0.829. The standard InChI is InChI=1S/C9H14O3/c1-7-9(4-2-6-11-7)5-3-8(10)12-9/h2,4,7-8,10H,3,5-6H2,1H3/t7-,8?,9?/m0/s1. The minimum absolute atomic E-state index is 0.0552. The quantitative estimate of drug-likeness (QED) is 0.547. The van der Waals surface area contributed by atoms with E-state index in [0.29, 0.717) is 13.0 Å². The van der Waals surface area contributed by atoms with Crippen molar-refractivity contribution in [2.45, 2.75) is 37.8 Å². The second kappa shape index (κ2) is 2.83. The van der Waals surface area contributed by atoms with Gasteiger partial charge in [0, 0.05) is 6.42 Å². The van der Waals surface area contributed by atoms with Crippen LogP contribution in [0.1, 0.15) is 19.8 Å². The van der Waals surface area contributed by atoms with Crippen LogP contribution < -0.4 is 0 Å². The molecule has 1 fully saturated rings. The van der Waals surface area contributed by atoms with Crippen molar-refractivity contribution in [1.82, 2.24) is 0 Å². The molecule has 2 aliphatic heterocycles. The van der Waals surface area contributed by atoms with Crippen LogP contribution >= 0.6 is 0 Å². The summed E-state index contributed by atoms with van der Waals surface area (Å²) in [6.07, 6.45) is 4.98. The highest BCUT2D eigenvalue weighted by Gasteiger charge is 2.43. The summed E-state index contributed by atoms with van der Waals surface area (Å²) < 4.78 is 10.9. The van der Waals surface area contributed by atoms with Crippen molar-refractivity contribution in [3.8, 4) is 0 Å². The number of ether oxygens (including phenoxy) is 2. The Morgan fingerprint density at radius 3 is 3.00 bits per heavy atom. The molecule has 2 unspecified atom stereocenters. The lowest BCUT2D eigenvalue weighted by atomic mass is 9.92. The second-order valence-electron chi connectivity index (χ2n) is 3.44. The summed E-state index contributed by atoms with van der Waals surface area (Å²) in [5, 5.41) is 9.25. The summed E-state index contributed by atoms with van der Waals surface area (Å²) in [5.41, 5.74) is -0.350. The number of aliphatic hydroxyl groups excluding tert-OH is 1. The first-order valence-corrected chi connectivity index (χ1v) is 4.38. The van der Waals surface area contributed by atoms with E-state index >= 15 is 0 Å². The smallest absolute Gasteiger partial charge is 0.155 e. The van der Waals surface area contributed by atoms with Gasteiger partial charge in [-0.3, -0.25) is 0 Å². The highest BCUT2D eigenvalue weighted by molar-refractivity contribution is 5.11. The monoisotopic (exact) mass is 170 g/mol. The molecule has 1 saturated heterocycles. The molecular weight excluding hydrogens is 156 g/mol. The molecule has 0 radical (unpaired) electrons. The zero-order chi connectivity index (χ0) is 8.60. The van der Waals surface area contributed by atoms with Gasteiger partial charge in [0.05, 0.1) is 12.7 Å².